The monoisotopic (exact) mass is 481 g/mol. The second-order valence-electron chi connectivity index (χ2n) is 7.04. The number of nitrogens with zero attached hydrogens (tertiary/aromatic N) is 6. The van der Waals surface area contributed by atoms with Crippen LogP contribution >= 0.6 is 0 Å². The van der Waals surface area contributed by atoms with Crippen LogP contribution in [0.1, 0.15) is 46.3 Å². The van der Waals surface area contributed by atoms with Crippen LogP contribution in [0.25, 0.3) is 0 Å². The molecule has 0 bridgehead atoms. The van der Waals surface area contributed by atoms with E-state index in [0.29, 0.717) is 31.5 Å². The molecule has 1 amide bonds. The molecule has 0 spiro atoms. The van der Waals surface area contributed by atoms with E-state index in [1.807, 2.05) is 0 Å². The lowest BCUT2D eigenvalue weighted by molar-refractivity contribution is -0.274. The molecule has 0 aliphatic carbocycles. The number of rotatable bonds is 11. The van der Waals surface area contributed by atoms with Crippen molar-refractivity contribution in [2.24, 2.45) is 0 Å². The topological polar surface area (TPSA) is 126 Å². The Balaban J connectivity index is 1.41. The molecule has 34 heavy (non-hydrogen) atoms. The number of amides is 1. The fourth-order valence-corrected chi connectivity index (χ4v) is 2.89. The first-order chi connectivity index (χ1) is 16.2. The number of alkyl halides is 3. The van der Waals surface area contributed by atoms with E-state index < -0.39 is 18.2 Å². The van der Waals surface area contributed by atoms with Crippen LogP contribution in [0.2, 0.25) is 0 Å². The van der Waals surface area contributed by atoms with Gasteiger partial charge in [-0.25, -0.2) is 4.79 Å². The molecule has 0 atom stereocenters. The zero-order chi connectivity index (χ0) is 24.6. The Morgan fingerprint density at radius 2 is 1.68 bits per heavy atom. The number of carbonyl (C=O) groups excluding carboxylic acids is 2. The van der Waals surface area contributed by atoms with E-state index in [1.165, 1.54) is 35.3 Å². The van der Waals surface area contributed by atoms with E-state index in [4.69, 9.17) is 4.74 Å². The smallest absolute Gasteiger partial charge is 0.461 e. The highest BCUT2D eigenvalue weighted by molar-refractivity contribution is 5.91. The number of esters is 1. The minimum Gasteiger partial charge on any atom is -0.461 e. The Hall–Kier alpha value is -3.97. The Bertz CT molecular complexity index is 1110. The van der Waals surface area contributed by atoms with Gasteiger partial charge in [-0.15, -0.1) is 23.4 Å². The first-order valence-corrected chi connectivity index (χ1v) is 10.3. The number of nitrogens with one attached hydrogen (secondary N) is 1. The van der Waals surface area contributed by atoms with Gasteiger partial charge in [-0.05, 0) is 37.5 Å². The molecule has 2 aromatic heterocycles. The lowest BCUT2D eigenvalue weighted by Crippen LogP contribution is -2.23. The van der Waals surface area contributed by atoms with Gasteiger partial charge in [0.15, 0.2) is 11.4 Å². The normalized spacial score (nSPS) is 11.3. The summed E-state index contributed by atoms with van der Waals surface area (Å²) in [6, 6.07) is 5.32. The number of aromatic nitrogens is 6. The standard InChI is InChI=1S/C20H22F3N7O4/c1-2-33-19(32)17-13-30(28-26-17)9-4-3-8-29-12-16(25-27-29)18(31)24-11-14-6-5-7-15(10-14)34-20(21,22)23/h5-7,10,12-13H,2-4,8-9,11H2,1H3,(H,24,31). The van der Waals surface area contributed by atoms with Crippen molar-refractivity contribution in [3.8, 4) is 5.75 Å². The molecule has 0 radical (unpaired) electrons. The van der Waals surface area contributed by atoms with Crippen LogP contribution in [0, 0.1) is 0 Å². The second-order valence-corrected chi connectivity index (χ2v) is 7.04. The van der Waals surface area contributed by atoms with Crippen molar-refractivity contribution < 1.29 is 32.2 Å². The van der Waals surface area contributed by atoms with Crippen LogP contribution in [0.3, 0.4) is 0 Å². The predicted octanol–water partition coefficient (Wildman–Crippen LogP) is 2.36. The average molecular weight is 481 g/mol. The molecule has 1 N–H and O–H groups in total. The van der Waals surface area contributed by atoms with Crippen LogP contribution < -0.4 is 10.1 Å². The lowest BCUT2D eigenvalue weighted by atomic mass is 10.2. The molecule has 0 saturated carbocycles. The van der Waals surface area contributed by atoms with Gasteiger partial charge >= 0.3 is 12.3 Å². The number of ether oxygens (including phenoxy) is 2. The van der Waals surface area contributed by atoms with Crippen molar-refractivity contribution in [1.82, 2.24) is 35.3 Å². The van der Waals surface area contributed by atoms with Gasteiger partial charge in [0.1, 0.15) is 5.75 Å². The maximum Gasteiger partial charge on any atom is 0.573 e. The van der Waals surface area contributed by atoms with Crippen LogP contribution in [0.5, 0.6) is 5.75 Å². The van der Waals surface area contributed by atoms with Crippen LogP contribution in [0.15, 0.2) is 36.7 Å². The molecular formula is C20H22F3N7O4. The highest BCUT2D eigenvalue weighted by Gasteiger charge is 2.31. The van der Waals surface area contributed by atoms with Gasteiger partial charge < -0.3 is 14.8 Å². The van der Waals surface area contributed by atoms with Gasteiger partial charge in [-0.3, -0.25) is 14.2 Å². The van der Waals surface area contributed by atoms with Crippen LogP contribution in [0.4, 0.5) is 13.2 Å². The Morgan fingerprint density at radius 1 is 1.03 bits per heavy atom. The lowest BCUT2D eigenvalue weighted by Gasteiger charge is -2.10. The molecular weight excluding hydrogens is 459 g/mol. The van der Waals surface area contributed by atoms with E-state index >= 15 is 0 Å². The number of carbonyl (C=O) groups is 2. The average Bonchev–Trinajstić information content (AvgIpc) is 3.44. The van der Waals surface area contributed by atoms with Crippen molar-refractivity contribution in [3.05, 3.63) is 53.6 Å². The van der Waals surface area contributed by atoms with Gasteiger partial charge in [-0.1, -0.05) is 22.6 Å². The number of halogens is 3. The summed E-state index contributed by atoms with van der Waals surface area (Å²) in [7, 11) is 0. The zero-order valence-electron chi connectivity index (χ0n) is 18.2. The first kappa shape index (κ1) is 24.7. The third kappa shape index (κ3) is 7.56. The van der Waals surface area contributed by atoms with Gasteiger partial charge in [0.05, 0.1) is 19.0 Å². The summed E-state index contributed by atoms with van der Waals surface area (Å²) < 4.78 is 48.8. The first-order valence-electron chi connectivity index (χ1n) is 10.3. The zero-order valence-corrected chi connectivity index (χ0v) is 18.2. The summed E-state index contributed by atoms with van der Waals surface area (Å²) in [4.78, 5) is 23.9. The highest BCUT2D eigenvalue weighted by atomic mass is 19.4. The maximum absolute atomic E-state index is 12.3. The maximum atomic E-state index is 12.3. The summed E-state index contributed by atoms with van der Waals surface area (Å²) in [6.45, 7) is 2.99. The van der Waals surface area contributed by atoms with E-state index in [1.54, 1.807) is 17.7 Å². The molecule has 3 rings (SSSR count). The molecule has 2 heterocycles. The minimum absolute atomic E-state index is 0.00750. The molecule has 0 aliphatic heterocycles. The summed E-state index contributed by atoms with van der Waals surface area (Å²) in [5.74, 6) is -1.40. The van der Waals surface area contributed by atoms with Crippen molar-refractivity contribution in [1.29, 1.82) is 0 Å². The van der Waals surface area contributed by atoms with Gasteiger partial charge in [-0.2, -0.15) is 0 Å². The highest BCUT2D eigenvalue weighted by Crippen LogP contribution is 2.23. The second kappa shape index (κ2) is 11.2. The van der Waals surface area contributed by atoms with Crippen LogP contribution in [-0.4, -0.2) is 54.8 Å². The molecule has 0 unspecified atom stereocenters. The van der Waals surface area contributed by atoms with E-state index in [2.05, 4.69) is 30.7 Å². The summed E-state index contributed by atoms with van der Waals surface area (Å²) in [5.41, 5.74) is 0.660. The number of hydrogen-bond donors (Lipinski definition) is 1. The van der Waals surface area contributed by atoms with Gasteiger partial charge in [0.25, 0.3) is 5.91 Å². The van der Waals surface area contributed by atoms with E-state index in [9.17, 15) is 22.8 Å². The van der Waals surface area contributed by atoms with E-state index in [0.717, 1.165) is 0 Å². The van der Waals surface area contributed by atoms with Crippen molar-refractivity contribution in [2.45, 2.75) is 45.8 Å². The summed E-state index contributed by atoms with van der Waals surface area (Å²) >= 11 is 0. The quantitative estimate of drug-likeness (QED) is 0.327. The number of unbranched alkanes of at least 4 members (excludes halogenated alkanes) is 1. The van der Waals surface area contributed by atoms with Crippen molar-refractivity contribution in [3.63, 3.8) is 0 Å². The molecule has 11 nitrogen and oxygen atoms in total. The van der Waals surface area contributed by atoms with Crippen molar-refractivity contribution >= 4 is 11.9 Å². The fourth-order valence-electron chi connectivity index (χ4n) is 2.89. The largest absolute Gasteiger partial charge is 0.573 e. The van der Waals surface area contributed by atoms with Crippen LogP contribution in [-0.2, 0) is 24.4 Å². The summed E-state index contributed by atoms with van der Waals surface area (Å²) in [6.07, 6.45) is -0.386. The van der Waals surface area contributed by atoms with E-state index in [-0.39, 0.29) is 30.3 Å². The molecule has 182 valence electrons. The minimum atomic E-state index is -4.79. The SMILES string of the molecule is CCOC(=O)c1cn(CCCCn2cc(C(=O)NCc3cccc(OC(F)(F)F)c3)nn2)nn1. The number of aryl methyl sites for hydroxylation is 2. The Kier molecular flexibility index (Phi) is 8.16. The molecule has 0 aliphatic rings. The molecule has 0 saturated heterocycles. The molecule has 14 heteroatoms. The third-order valence-electron chi connectivity index (χ3n) is 4.40. The van der Waals surface area contributed by atoms with Crippen molar-refractivity contribution in [2.75, 3.05) is 6.61 Å². The Labute approximate surface area is 191 Å². The molecule has 0 fully saturated rings. The van der Waals surface area contributed by atoms with Gasteiger partial charge in [0.2, 0.25) is 0 Å². The number of hydrogen-bond acceptors (Lipinski definition) is 8. The summed E-state index contributed by atoms with van der Waals surface area (Å²) in [5, 5.41) is 17.9. The predicted molar refractivity (Wildman–Crippen MR) is 110 cm³/mol. The fraction of sp³-hybridized carbons (Fsp3) is 0.400. The van der Waals surface area contributed by atoms with Gasteiger partial charge in [0, 0.05) is 19.6 Å². The Morgan fingerprint density at radius 3 is 2.32 bits per heavy atom. The molecule has 3 aromatic rings. The number of benzene rings is 1. The molecule has 1 aromatic carbocycles. The third-order valence-corrected chi connectivity index (χ3v) is 4.40.